The van der Waals surface area contributed by atoms with Crippen molar-refractivity contribution in [2.24, 2.45) is 17.3 Å². The van der Waals surface area contributed by atoms with Gasteiger partial charge in [0.15, 0.2) is 5.78 Å². The van der Waals surface area contributed by atoms with Gasteiger partial charge in [0.2, 0.25) is 11.8 Å². The molecule has 0 radical (unpaired) electrons. The maximum absolute atomic E-state index is 14.0. The lowest BCUT2D eigenvalue weighted by Gasteiger charge is -2.37. The zero-order valence-electron chi connectivity index (χ0n) is 19.9. The Bertz CT molecular complexity index is 1230. The fraction of sp³-hybridized carbons (Fsp3) is 0.370. The highest BCUT2D eigenvalue weighted by Crippen LogP contribution is 2.55. The zero-order chi connectivity index (χ0) is 24.4. The Kier molecular flexibility index (Phi) is 5.04. The molecule has 3 aliphatic rings. The number of nitrogens with zero attached hydrogens (tertiary/aromatic N) is 2. The second kappa shape index (κ2) is 7.72. The molecule has 7 nitrogen and oxygen atoms in total. The third-order valence-electron chi connectivity index (χ3n) is 7.10. The number of ketones is 1. The minimum atomic E-state index is -0.785. The summed E-state index contributed by atoms with van der Waals surface area (Å²) < 4.78 is 10.8. The lowest BCUT2D eigenvalue weighted by molar-refractivity contribution is -0.135. The van der Waals surface area contributed by atoms with E-state index < -0.39 is 29.3 Å². The molecule has 0 aliphatic carbocycles. The van der Waals surface area contributed by atoms with Crippen LogP contribution in [0.15, 0.2) is 48.7 Å². The molecule has 5 rings (SSSR count). The molecule has 3 heterocycles. The van der Waals surface area contributed by atoms with Crippen molar-refractivity contribution in [1.82, 2.24) is 4.90 Å². The monoisotopic (exact) mass is 460 g/mol. The molecule has 2 amide bonds. The standard InChI is InChI=1S/C27H28N2O5/c1-27(2,3)24(30)23-21-20(22-17-9-7-6-8-15(17)12-13-28(22)23)25(31)29(26(21)32)18-11-10-16(33-4)14-19(18)34-5/h6-14,20-23H,1-5H3. The van der Waals surface area contributed by atoms with E-state index in [2.05, 4.69) is 0 Å². The number of ether oxygens (including phenoxy) is 2. The molecule has 4 atom stereocenters. The summed E-state index contributed by atoms with van der Waals surface area (Å²) in [5.74, 6) is -1.30. The molecule has 0 aromatic heterocycles. The first-order chi connectivity index (χ1) is 16.2. The van der Waals surface area contributed by atoms with Gasteiger partial charge in [-0.3, -0.25) is 14.4 Å². The van der Waals surface area contributed by atoms with Crippen LogP contribution in [0.25, 0.3) is 6.08 Å². The van der Waals surface area contributed by atoms with E-state index in [0.717, 1.165) is 11.1 Å². The van der Waals surface area contributed by atoms with Crippen molar-refractivity contribution in [3.63, 3.8) is 0 Å². The first-order valence-corrected chi connectivity index (χ1v) is 11.4. The number of methoxy groups -OCH3 is 2. The van der Waals surface area contributed by atoms with E-state index in [4.69, 9.17) is 9.47 Å². The van der Waals surface area contributed by atoms with Crippen LogP contribution in [-0.2, 0) is 14.4 Å². The van der Waals surface area contributed by atoms with Crippen LogP contribution in [0.1, 0.15) is 37.9 Å². The van der Waals surface area contributed by atoms with E-state index in [9.17, 15) is 14.4 Å². The molecular weight excluding hydrogens is 432 g/mol. The molecular formula is C27H28N2O5. The third kappa shape index (κ3) is 3.06. The Labute approximate surface area is 198 Å². The molecule has 2 saturated heterocycles. The lowest BCUT2D eigenvalue weighted by Crippen LogP contribution is -2.47. The lowest BCUT2D eigenvalue weighted by atomic mass is 9.79. The number of hydrogen-bond donors (Lipinski definition) is 0. The second-order valence-corrected chi connectivity index (χ2v) is 10.00. The van der Waals surface area contributed by atoms with Gasteiger partial charge in [-0.1, -0.05) is 45.0 Å². The van der Waals surface area contributed by atoms with Crippen molar-refractivity contribution in [1.29, 1.82) is 0 Å². The molecule has 0 spiro atoms. The summed E-state index contributed by atoms with van der Waals surface area (Å²) in [7, 11) is 3.02. The molecule has 0 N–H and O–H groups in total. The number of anilines is 1. The number of carbonyl (C=O) groups excluding carboxylic acids is 3. The van der Waals surface area contributed by atoms with Crippen molar-refractivity contribution < 1.29 is 23.9 Å². The van der Waals surface area contributed by atoms with Crippen LogP contribution in [0.5, 0.6) is 11.5 Å². The molecule has 2 aromatic rings. The van der Waals surface area contributed by atoms with E-state index in [1.165, 1.54) is 19.1 Å². The van der Waals surface area contributed by atoms with E-state index >= 15 is 0 Å². The maximum atomic E-state index is 14.0. The largest absolute Gasteiger partial charge is 0.497 e. The predicted octanol–water partition coefficient (Wildman–Crippen LogP) is 3.83. The van der Waals surface area contributed by atoms with Crippen LogP contribution in [0.4, 0.5) is 5.69 Å². The van der Waals surface area contributed by atoms with Gasteiger partial charge in [-0.05, 0) is 29.3 Å². The summed E-state index contributed by atoms with van der Waals surface area (Å²) in [6.07, 6.45) is 3.83. The van der Waals surface area contributed by atoms with Gasteiger partial charge < -0.3 is 14.4 Å². The average Bonchev–Trinajstić information content (AvgIpc) is 3.30. The number of hydrogen-bond acceptors (Lipinski definition) is 6. The van der Waals surface area contributed by atoms with Crippen LogP contribution in [0.3, 0.4) is 0 Å². The van der Waals surface area contributed by atoms with E-state index in [1.807, 2.05) is 62.2 Å². The Balaban J connectivity index is 1.66. The van der Waals surface area contributed by atoms with Gasteiger partial charge in [0.25, 0.3) is 0 Å². The smallest absolute Gasteiger partial charge is 0.240 e. The van der Waals surface area contributed by atoms with Crippen molar-refractivity contribution in [2.45, 2.75) is 32.9 Å². The Morgan fingerprint density at radius 2 is 1.65 bits per heavy atom. The maximum Gasteiger partial charge on any atom is 0.240 e. The third-order valence-corrected chi connectivity index (χ3v) is 7.10. The van der Waals surface area contributed by atoms with Crippen LogP contribution >= 0.6 is 0 Å². The minimum absolute atomic E-state index is 0.0567. The number of fused-ring (bicyclic) bond motifs is 5. The minimum Gasteiger partial charge on any atom is -0.497 e. The molecule has 0 bridgehead atoms. The molecule has 2 fully saturated rings. The Morgan fingerprint density at radius 3 is 2.32 bits per heavy atom. The van der Waals surface area contributed by atoms with Crippen LogP contribution in [0, 0.1) is 17.3 Å². The molecule has 4 unspecified atom stereocenters. The van der Waals surface area contributed by atoms with Gasteiger partial charge in [-0.25, -0.2) is 4.90 Å². The van der Waals surface area contributed by atoms with Crippen molar-refractivity contribution in [3.05, 3.63) is 59.8 Å². The van der Waals surface area contributed by atoms with E-state index in [0.29, 0.717) is 17.2 Å². The predicted molar refractivity (Wildman–Crippen MR) is 127 cm³/mol. The van der Waals surface area contributed by atoms with Gasteiger partial charge in [-0.2, -0.15) is 0 Å². The summed E-state index contributed by atoms with van der Waals surface area (Å²) in [5.41, 5.74) is 1.63. The van der Waals surface area contributed by atoms with Crippen LogP contribution in [-0.4, -0.2) is 42.8 Å². The SMILES string of the molecule is COc1ccc(N2C(=O)C3C(C2=O)C2c4ccccc4C=CN2C3C(=O)C(C)(C)C)c(OC)c1. The van der Waals surface area contributed by atoms with Crippen molar-refractivity contribution in [3.8, 4) is 11.5 Å². The summed E-state index contributed by atoms with van der Waals surface area (Å²) in [5, 5.41) is 0. The normalized spacial score (nSPS) is 25.2. The number of carbonyl (C=O) groups is 3. The fourth-order valence-corrected chi connectivity index (χ4v) is 5.51. The highest BCUT2D eigenvalue weighted by molar-refractivity contribution is 6.24. The highest BCUT2D eigenvalue weighted by atomic mass is 16.5. The van der Waals surface area contributed by atoms with Crippen molar-refractivity contribution in [2.75, 3.05) is 19.1 Å². The van der Waals surface area contributed by atoms with E-state index in [1.54, 1.807) is 18.2 Å². The molecule has 176 valence electrons. The first kappa shape index (κ1) is 22.2. The second-order valence-electron chi connectivity index (χ2n) is 10.00. The molecule has 0 saturated carbocycles. The average molecular weight is 461 g/mol. The Morgan fingerprint density at radius 1 is 0.941 bits per heavy atom. The molecule has 3 aliphatic heterocycles. The molecule has 7 heteroatoms. The van der Waals surface area contributed by atoms with E-state index in [-0.39, 0.29) is 17.6 Å². The molecule has 34 heavy (non-hydrogen) atoms. The van der Waals surface area contributed by atoms with Gasteiger partial charge >= 0.3 is 0 Å². The summed E-state index contributed by atoms with van der Waals surface area (Å²) in [6.45, 7) is 5.56. The quantitative estimate of drug-likeness (QED) is 0.646. The van der Waals surface area contributed by atoms with Gasteiger partial charge in [0.05, 0.1) is 37.8 Å². The number of Topliss-reactive ketones (excluding diaryl/α,β-unsaturated/α-hetero) is 1. The topological polar surface area (TPSA) is 76.2 Å². The van der Waals surface area contributed by atoms with Gasteiger partial charge in [0.1, 0.15) is 17.5 Å². The number of amides is 2. The Hall–Kier alpha value is -3.61. The molecule has 2 aromatic carbocycles. The van der Waals surface area contributed by atoms with Gasteiger partial charge in [-0.15, -0.1) is 0 Å². The summed E-state index contributed by atoms with van der Waals surface area (Å²) >= 11 is 0. The van der Waals surface area contributed by atoms with Crippen molar-refractivity contribution >= 4 is 29.4 Å². The summed E-state index contributed by atoms with van der Waals surface area (Å²) in [4.78, 5) is 44.7. The zero-order valence-corrected chi connectivity index (χ0v) is 19.9. The number of rotatable bonds is 4. The highest BCUT2D eigenvalue weighted by Gasteiger charge is 2.65. The number of benzene rings is 2. The van der Waals surface area contributed by atoms with Crippen LogP contribution in [0.2, 0.25) is 0 Å². The van der Waals surface area contributed by atoms with Gasteiger partial charge in [0, 0.05) is 17.7 Å². The van der Waals surface area contributed by atoms with Crippen LogP contribution < -0.4 is 14.4 Å². The summed E-state index contributed by atoms with van der Waals surface area (Å²) in [6, 6.07) is 11.7. The number of imide groups is 1. The fourth-order valence-electron chi connectivity index (χ4n) is 5.51. The first-order valence-electron chi connectivity index (χ1n) is 11.4.